The second kappa shape index (κ2) is 16.8. The van der Waals surface area contributed by atoms with E-state index in [2.05, 4.69) is 0 Å². The molecule has 1 aromatic rings. The first-order valence-electron chi connectivity index (χ1n) is 18.4. The molecule has 0 unspecified atom stereocenters. The minimum absolute atomic E-state index is 0.0269. The zero-order chi connectivity index (χ0) is 42.0. The molecule has 2 fully saturated rings. The minimum Gasteiger partial charge on any atom is -0.459 e. The molecule has 1 heterocycles. The number of benzene rings is 1. The van der Waals surface area contributed by atoms with E-state index in [1.165, 1.54) is 19.1 Å². The third kappa shape index (κ3) is 9.30. The molecule has 1 aliphatic heterocycles. The van der Waals surface area contributed by atoms with Crippen LogP contribution in [0.4, 0.5) is 0 Å². The highest BCUT2D eigenvalue weighted by atomic mass is 16.6. The Morgan fingerprint density at radius 3 is 1.82 bits per heavy atom. The van der Waals surface area contributed by atoms with E-state index >= 15 is 0 Å². The fourth-order valence-corrected chi connectivity index (χ4v) is 8.49. The molecule has 308 valence electrons. The quantitative estimate of drug-likeness (QED) is 0.230. The van der Waals surface area contributed by atoms with Gasteiger partial charge in [-0.3, -0.25) is 28.8 Å². The van der Waals surface area contributed by atoms with Gasteiger partial charge in [-0.15, -0.1) is 0 Å². The normalized spacial score (nSPS) is 36.0. The average molecular weight is 789 g/mol. The fraction of sp³-hybridized carbons (Fsp3) is 0.625. The molecular formula is C40H52O16. The van der Waals surface area contributed by atoms with Gasteiger partial charge in [0.15, 0.2) is 24.1 Å². The Morgan fingerprint density at radius 2 is 1.27 bits per heavy atom. The van der Waals surface area contributed by atoms with E-state index in [4.69, 9.17) is 33.2 Å². The molecule has 1 aromatic carbocycles. The molecule has 56 heavy (non-hydrogen) atoms. The molecule has 4 rings (SSSR count). The molecule has 0 amide bonds. The first-order chi connectivity index (χ1) is 25.9. The summed E-state index contributed by atoms with van der Waals surface area (Å²) in [5, 5.41) is 26.9. The number of ketones is 1. The van der Waals surface area contributed by atoms with Crippen molar-refractivity contribution in [2.45, 2.75) is 135 Å². The number of esters is 6. The van der Waals surface area contributed by atoms with E-state index in [0.717, 1.165) is 34.6 Å². The standard InChI is InChI=1S/C40H52O16/c1-21-15-17-37(7,8)34(53-24(4)43)30(51-22(2)41)35(54-25(5)44)39(48)18-16-28(46)19-50-32-29(33(39)55-36(47)27-13-11-10-12-14-27)40(49,31(21)52-23(3)42)20-38(32,9)56-26(6)45/h10-15,17,21,29-35,48-49H,16,18-20H2,1-9H3/b17-15+/t21-,29+,30-,31+,32+,33+,34+,35+,38+,39-,40+/m0/s1. The molecule has 11 atom stereocenters. The van der Waals surface area contributed by atoms with Crippen molar-refractivity contribution in [3.63, 3.8) is 0 Å². The molecule has 1 saturated carbocycles. The Labute approximate surface area is 325 Å². The number of fused-ring (bicyclic) bond motifs is 1. The molecular weight excluding hydrogens is 736 g/mol. The highest BCUT2D eigenvalue weighted by Crippen LogP contribution is 2.56. The average Bonchev–Trinajstić information content (AvgIpc) is 3.33. The molecule has 16 nitrogen and oxygen atoms in total. The molecule has 1 saturated heterocycles. The Balaban J connectivity index is 2.26. The summed E-state index contributed by atoms with van der Waals surface area (Å²) in [5.41, 5.74) is -8.53. The second-order valence-electron chi connectivity index (χ2n) is 15.8. The van der Waals surface area contributed by atoms with Crippen molar-refractivity contribution >= 4 is 41.6 Å². The van der Waals surface area contributed by atoms with Crippen LogP contribution < -0.4 is 0 Å². The second-order valence-corrected chi connectivity index (χ2v) is 15.8. The van der Waals surface area contributed by atoms with Crippen molar-refractivity contribution < 1.29 is 76.9 Å². The van der Waals surface area contributed by atoms with Crippen LogP contribution in [0.3, 0.4) is 0 Å². The Morgan fingerprint density at radius 1 is 0.714 bits per heavy atom. The first kappa shape index (κ1) is 44.0. The largest absolute Gasteiger partial charge is 0.459 e. The van der Waals surface area contributed by atoms with Crippen LogP contribution in [-0.2, 0) is 61.9 Å². The van der Waals surface area contributed by atoms with Crippen LogP contribution >= 0.6 is 0 Å². The Bertz CT molecular complexity index is 1720. The summed E-state index contributed by atoms with van der Waals surface area (Å²) in [6.45, 7) is 10.9. The van der Waals surface area contributed by atoms with Crippen LogP contribution in [0.2, 0.25) is 0 Å². The topological polar surface area (TPSA) is 225 Å². The van der Waals surface area contributed by atoms with Crippen LogP contribution in [0.25, 0.3) is 0 Å². The molecule has 2 N–H and O–H groups in total. The van der Waals surface area contributed by atoms with Crippen LogP contribution in [0, 0.1) is 17.3 Å². The molecule has 3 aliphatic rings. The predicted molar refractivity (Wildman–Crippen MR) is 192 cm³/mol. The number of Topliss-reactive ketones (excluding diaryl/α,β-unsaturated/α-hetero) is 1. The number of ether oxygens (including phenoxy) is 7. The summed E-state index contributed by atoms with van der Waals surface area (Å²) in [6, 6.07) is 7.55. The van der Waals surface area contributed by atoms with Gasteiger partial charge in [0, 0.05) is 58.8 Å². The molecule has 0 aromatic heterocycles. The number of carbonyl (C=O) groups is 7. The van der Waals surface area contributed by atoms with E-state index in [1.54, 1.807) is 51.1 Å². The maximum atomic E-state index is 14.2. The summed E-state index contributed by atoms with van der Waals surface area (Å²) in [5.74, 6) is -8.90. The number of carbonyl (C=O) groups excluding carboxylic acids is 7. The van der Waals surface area contributed by atoms with Crippen LogP contribution in [0.15, 0.2) is 42.5 Å². The van der Waals surface area contributed by atoms with Crippen molar-refractivity contribution in [3.05, 3.63) is 48.0 Å². The summed E-state index contributed by atoms with van der Waals surface area (Å²) in [6.07, 6.45) is -9.46. The van der Waals surface area contributed by atoms with E-state index in [-0.39, 0.29) is 5.56 Å². The van der Waals surface area contributed by atoms with Gasteiger partial charge >= 0.3 is 35.8 Å². The van der Waals surface area contributed by atoms with Gasteiger partial charge in [0.05, 0.1) is 11.5 Å². The van der Waals surface area contributed by atoms with Crippen LogP contribution in [0.5, 0.6) is 0 Å². The summed E-state index contributed by atoms with van der Waals surface area (Å²) >= 11 is 0. The molecule has 0 radical (unpaired) electrons. The van der Waals surface area contributed by atoms with Gasteiger partial charge in [0.25, 0.3) is 0 Å². The van der Waals surface area contributed by atoms with Gasteiger partial charge in [0.2, 0.25) is 0 Å². The highest BCUT2D eigenvalue weighted by Gasteiger charge is 2.73. The van der Waals surface area contributed by atoms with Gasteiger partial charge in [-0.25, -0.2) is 4.79 Å². The molecule has 0 spiro atoms. The zero-order valence-corrected chi connectivity index (χ0v) is 33.1. The lowest BCUT2D eigenvalue weighted by Crippen LogP contribution is -2.69. The van der Waals surface area contributed by atoms with Crippen molar-refractivity contribution in [1.82, 2.24) is 0 Å². The third-order valence-corrected chi connectivity index (χ3v) is 10.6. The number of rotatable bonds is 7. The molecule has 16 heteroatoms. The maximum absolute atomic E-state index is 14.2. The third-order valence-electron chi connectivity index (χ3n) is 10.6. The van der Waals surface area contributed by atoms with E-state index in [9.17, 15) is 43.8 Å². The molecule has 2 aliphatic carbocycles. The van der Waals surface area contributed by atoms with E-state index in [1.807, 2.05) is 0 Å². The van der Waals surface area contributed by atoms with Crippen LogP contribution in [-0.4, -0.2) is 112 Å². The van der Waals surface area contributed by atoms with Crippen LogP contribution in [0.1, 0.15) is 91.9 Å². The van der Waals surface area contributed by atoms with Gasteiger partial charge in [-0.2, -0.15) is 0 Å². The number of hydrogen-bond acceptors (Lipinski definition) is 16. The molecule has 2 bridgehead atoms. The first-order valence-corrected chi connectivity index (χ1v) is 18.4. The minimum atomic E-state index is -2.83. The van der Waals surface area contributed by atoms with Gasteiger partial charge < -0.3 is 43.4 Å². The zero-order valence-electron chi connectivity index (χ0n) is 33.1. The Hall–Kier alpha value is -4.67. The van der Waals surface area contributed by atoms with Crippen molar-refractivity contribution in [1.29, 1.82) is 0 Å². The van der Waals surface area contributed by atoms with Gasteiger partial charge in [0.1, 0.15) is 41.7 Å². The van der Waals surface area contributed by atoms with E-state index in [0.29, 0.717) is 0 Å². The predicted octanol–water partition coefficient (Wildman–Crippen LogP) is 2.72. The van der Waals surface area contributed by atoms with Crippen molar-refractivity contribution in [3.8, 4) is 0 Å². The lowest BCUT2D eigenvalue weighted by atomic mass is 9.67. The van der Waals surface area contributed by atoms with Crippen molar-refractivity contribution in [2.75, 3.05) is 6.61 Å². The summed E-state index contributed by atoms with van der Waals surface area (Å²) in [7, 11) is 0. The number of aliphatic hydroxyl groups is 2. The lowest BCUT2D eigenvalue weighted by molar-refractivity contribution is -0.256. The lowest BCUT2D eigenvalue weighted by Gasteiger charge is -2.51. The SMILES string of the molecule is CC(=O)O[C@H]1[C@@H](OC(C)=O)C(C)(C)/C=C/[C@H](C)[C@@H](OC(C)=O)[C@@]2(O)C[C@@](C)(OC(C)=O)[C@@H]3OCC(=O)CC[C@@](O)([C@@H]1OC(C)=O)[C@H](OC(=O)c1ccccc1)[C@@H]32. The highest BCUT2D eigenvalue weighted by molar-refractivity contribution is 5.89. The summed E-state index contributed by atoms with van der Waals surface area (Å²) in [4.78, 5) is 92.4. The number of hydrogen-bond donors (Lipinski definition) is 2. The van der Waals surface area contributed by atoms with Gasteiger partial charge in [-0.05, 0) is 25.5 Å². The smallest absolute Gasteiger partial charge is 0.338 e. The monoisotopic (exact) mass is 788 g/mol. The fourth-order valence-electron chi connectivity index (χ4n) is 8.49. The summed E-state index contributed by atoms with van der Waals surface area (Å²) < 4.78 is 41.7. The van der Waals surface area contributed by atoms with Crippen molar-refractivity contribution in [2.24, 2.45) is 17.3 Å². The Kier molecular flexibility index (Phi) is 13.2. The van der Waals surface area contributed by atoms with Gasteiger partial charge in [-0.1, -0.05) is 51.1 Å². The van der Waals surface area contributed by atoms with E-state index < -0.39 is 138 Å². The maximum Gasteiger partial charge on any atom is 0.338 e.